The zero-order valence-corrected chi connectivity index (χ0v) is 49.5. The van der Waals surface area contributed by atoms with Crippen LogP contribution in [0.1, 0.15) is 79.9 Å². The molecule has 2 fully saturated rings. The Labute approximate surface area is 518 Å². The number of hydrogen-bond donors (Lipinski definition) is 2. The molecule has 2 atom stereocenters. The molecule has 15 rings (SSSR count). The molecule has 0 unspecified atom stereocenters. The SMILES string of the molecule is Brc1ccccc1C1OCCCO1.O=Cc1cc2c(cc1O)OCO2.O=Cc1ccccc1Br.O=[N+]([O-])C1=Cc2cc3c(cc2OC1)OCO3.O=[N+]([O-])[C@@H]1COc2cc3c(cc2[C@@H]1c1ccccc1C1OCCCO1)OCO3.Oc1ccc2c(c1)OCO2. The van der Waals surface area contributed by atoms with Crippen LogP contribution in [0.25, 0.3) is 6.08 Å². The number of hydrogen-bond acceptors (Lipinski definition) is 22. The Morgan fingerprint density at radius 3 is 1.55 bits per heavy atom. The third-order valence-corrected chi connectivity index (χ3v) is 15.2. The average Bonchev–Trinajstić information content (AvgIpc) is 2.78. The number of benzene rings is 7. The molecule has 2 saturated heterocycles. The quantitative estimate of drug-likeness (QED) is 0.0851. The van der Waals surface area contributed by atoms with Crippen LogP contribution in [0, 0.1) is 20.2 Å². The first-order valence-electron chi connectivity index (χ1n) is 27.1. The number of aromatic hydroxyl groups is 2. The Kier molecular flexibility index (Phi) is 20.7. The maximum absolute atomic E-state index is 11.9. The van der Waals surface area contributed by atoms with Crippen LogP contribution < -0.4 is 47.4 Å². The molecule has 2 N–H and O–H groups in total. The molecule has 0 spiro atoms. The number of carbonyl (C=O) groups is 2. The van der Waals surface area contributed by atoms with Crippen LogP contribution >= 0.6 is 31.9 Å². The molecular formula is C62H54Br2N2O22. The molecule has 7 aromatic rings. The summed E-state index contributed by atoms with van der Waals surface area (Å²) in [6.07, 6.45) is 3.98. The molecule has 0 aromatic heterocycles. The molecule has 458 valence electrons. The molecule has 0 radical (unpaired) electrons. The van der Waals surface area contributed by atoms with Crippen LogP contribution in [0.3, 0.4) is 0 Å². The first-order chi connectivity index (χ1) is 42.8. The fourth-order valence-corrected chi connectivity index (χ4v) is 10.4. The van der Waals surface area contributed by atoms with Crippen molar-refractivity contribution in [3.05, 3.63) is 201 Å². The van der Waals surface area contributed by atoms with Gasteiger partial charge in [-0.25, -0.2) is 0 Å². The Morgan fingerprint density at radius 2 is 0.966 bits per heavy atom. The lowest BCUT2D eigenvalue weighted by atomic mass is 9.81. The van der Waals surface area contributed by atoms with Crippen molar-refractivity contribution < 1.29 is 96.0 Å². The largest absolute Gasteiger partial charge is 0.508 e. The number of phenolic OH excluding ortho intramolecular Hbond substituents is 2. The number of phenols is 2. The Hall–Kier alpha value is -9.18. The molecule has 8 aliphatic heterocycles. The molecular weight excluding hydrogens is 1280 g/mol. The van der Waals surface area contributed by atoms with E-state index in [2.05, 4.69) is 31.9 Å². The molecule has 88 heavy (non-hydrogen) atoms. The minimum absolute atomic E-state index is 0.0228. The van der Waals surface area contributed by atoms with Crippen molar-refractivity contribution in [2.75, 3.05) is 66.8 Å². The van der Waals surface area contributed by atoms with Crippen molar-refractivity contribution in [3.63, 3.8) is 0 Å². The predicted octanol–water partition coefficient (Wildman–Crippen LogP) is 11.6. The van der Waals surface area contributed by atoms with Crippen LogP contribution in [0.4, 0.5) is 0 Å². The zero-order chi connectivity index (χ0) is 61.5. The van der Waals surface area contributed by atoms with E-state index < -0.39 is 23.2 Å². The minimum atomic E-state index is -0.933. The highest BCUT2D eigenvalue weighted by Gasteiger charge is 2.43. The van der Waals surface area contributed by atoms with Gasteiger partial charge in [-0.1, -0.05) is 92.5 Å². The van der Waals surface area contributed by atoms with Gasteiger partial charge in [0.2, 0.25) is 27.2 Å². The molecule has 7 aromatic carbocycles. The second-order valence-electron chi connectivity index (χ2n) is 19.4. The number of nitro groups is 2. The van der Waals surface area contributed by atoms with Crippen LogP contribution in [0.15, 0.2) is 142 Å². The predicted molar refractivity (Wildman–Crippen MR) is 316 cm³/mol. The van der Waals surface area contributed by atoms with Gasteiger partial charge in [0.15, 0.2) is 84.4 Å². The van der Waals surface area contributed by atoms with Crippen LogP contribution in [0.5, 0.6) is 69.0 Å². The summed E-state index contributed by atoms with van der Waals surface area (Å²) in [7, 11) is 0. The summed E-state index contributed by atoms with van der Waals surface area (Å²) in [4.78, 5) is 42.3. The third kappa shape index (κ3) is 15.1. The maximum Gasteiger partial charge on any atom is 0.284 e. The topological polar surface area (TPSA) is 290 Å². The molecule has 8 aliphatic rings. The second kappa shape index (κ2) is 29.5. The van der Waals surface area contributed by atoms with Crippen molar-refractivity contribution in [1.82, 2.24) is 0 Å². The minimum Gasteiger partial charge on any atom is -0.508 e. The van der Waals surface area contributed by atoms with E-state index in [-0.39, 0.29) is 74.4 Å². The summed E-state index contributed by atoms with van der Waals surface area (Å²) in [5, 5.41) is 40.6. The molecule has 24 nitrogen and oxygen atoms in total. The molecule has 0 amide bonds. The summed E-state index contributed by atoms with van der Waals surface area (Å²) in [6, 6.07) is 36.4. The lowest BCUT2D eigenvalue weighted by molar-refractivity contribution is -0.528. The lowest BCUT2D eigenvalue weighted by Crippen LogP contribution is -2.38. The summed E-state index contributed by atoms with van der Waals surface area (Å²) in [6.45, 7) is 3.39. The van der Waals surface area contributed by atoms with Gasteiger partial charge in [0.25, 0.3) is 11.7 Å². The van der Waals surface area contributed by atoms with E-state index in [0.29, 0.717) is 93.7 Å². The van der Waals surface area contributed by atoms with E-state index in [9.17, 15) is 34.9 Å². The van der Waals surface area contributed by atoms with Crippen molar-refractivity contribution in [2.24, 2.45) is 0 Å². The van der Waals surface area contributed by atoms with Gasteiger partial charge in [-0.15, -0.1) is 0 Å². The summed E-state index contributed by atoms with van der Waals surface area (Å²) >= 11 is 6.70. The van der Waals surface area contributed by atoms with E-state index in [1.807, 2.05) is 66.7 Å². The van der Waals surface area contributed by atoms with Gasteiger partial charge in [-0.2, -0.15) is 0 Å². The van der Waals surface area contributed by atoms with Gasteiger partial charge >= 0.3 is 0 Å². The fraction of sp³-hybridized carbons (Fsp3) is 0.258. The average molecular weight is 1340 g/mol. The highest BCUT2D eigenvalue weighted by Crippen LogP contribution is 2.48. The maximum atomic E-state index is 11.9. The van der Waals surface area contributed by atoms with Gasteiger partial charge in [0.05, 0.1) is 42.8 Å². The smallest absolute Gasteiger partial charge is 0.284 e. The number of rotatable bonds is 7. The first-order valence-corrected chi connectivity index (χ1v) is 28.7. The number of ether oxygens (including phenoxy) is 14. The van der Waals surface area contributed by atoms with Crippen LogP contribution in [-0.2, 0) is 18.9 Å². The molecule has 8 heterocycles. The molecule has 0 aliphatic carbocycles. The van der Waals surface area contributed by atoms with Crippen molar-refractivity contribution >= 4 is 50.5 Å². The van der Waals surface area contributed by atoms with Gasteiger partial charge in [0.1, 0.15) is 23.0 Å². The summed E-state index contributed by atoms with van der Waals surface area (Å²) < 4.78 is 76.7. The summed E-state index contributed by atoms with van der Waals surface area (Å²) in [5.41, 5.74) is 4.97. The highest BCUT2D eigenvalue weighted by molar-refractivity contribution is 9.10. The Morgan fingerprint density at radius 1 is 0.466 bits per heavy atom. The zero-order valence-electron chi connectivity index (χ0n) is 46.4. The first kappa shape index (κ1) is 61.9. The van der Waals surface area contributed by atoms with E-state index in [4.69, 9.17) is 71.4 Å². The lowest BCUT2D eigenvalue weighted by Gasteiger charge is -2.32. The number of aldehydes is 2. The molecule has 0 saturated carbocycles. The van der Waals surface area contributed by atoms with Gasteiger partial charge in [-0.05, 0) is 60.9 Å². The number of nitrogens with zero attached hydrogens (tertiary/aromatic N) is 2. The van der Waals surface area contributed by atoms with Crippen molar-refractivity contribution in [1.29, 1.82) is 0 Å². The van der Waals surface area contributed by atoms with E-state index in [1.54, 1.807) is 42.5 Å². The van der Waals surface area contributed by atoms with Crippen LogP contribution in [-0.4, -0.2) is 105 Å². The Balaban J connectivity index is 0.000000123. The molecule has 0 bridgehead atoms. The highest BCUT2D eigenvalue weighted by atomic mass is 79.9. The van der Waals surface area contributed by atoms with Gasteiger partial charge < -0.3 is 76.5 Å². The third-order valence-electron chi connectivity index (χ3n) is 13.8. The Bertz CT molecular complexity index is 3690. The second-order valence-corrected chi connectivity index (χ2v) is 21.1. The monoisotopic (exact) mass is 1340 g/mol. The van der Waals surface area contributed by atoms with E-state index in [0.717, 1.165) is 58.0 Å². The van der Waals surface area contributed by atoms with Gasteiger partial charge in [0, 0.05) is 72.0 Å². The van der Waals surface area contributed by atoms with Crippen molar-refractivity contribution in [3.8, 4) is 69.0 Å². The number of halogens is 2. The number of fused-ring (bicyclic) bond motifs is 6. The summed E-state index contributed by atoms with van der Waals surface area (Å²) in [5.74, 6) is 5.37. The fourth-order valence-electron chi connectivity index (χ4n) is 9.51. The molecule has 26 heteroatoms. The van der Waals surface area contributed by atoms with Crippen molar-refractivity contribution in [2.45, 2.75) is 37.4 Å². The number of carbonyl (C=O) groups excluding carboxylic acids is 2. The van der Waals surface area contributed by atoms with E-state index >= 15 is 0 Å². The van der Waals surface area contributed by atoms with E-state index in [1.165, 1.54) is 24.3 Å². The standard InChI is InChI=1S/C20H19NO7.C10H11BrO2.C10H7NO5.C8H6O4.C7H5BrO.C7H6O3/c22-21(23)15-10-26-16-9-18-17(27-11-28-18)8-14(16)19(15)12-4-1-2-5-13(12)20-24-6-3-7-25-20;11-9-5-2-1-4-8(9)10-12-6-3-7-13-10;12-11(13)7-1-6-2-9-10(16-5-15-9)3-8(6)14-4-7;9-3-5-1-7-8(2-6(5)10)12-4-11-7;8-7-4-2-1-3-6(7)5-9;8-5-1-2-6-7(3-5)10-4-9-6/h1-2,4-5,8-9,15,19-20H,3,6-7,10-11H2;1-2,4-5,10H,3,6-7H2;1-3H,4-5H2;1-3,10H,4H2;1-5H;1-3,8H,4H2/t15-,19+;;;;;/m1...../s1. The van der Waals surface area contributed by atoms with Gasteiger partial charge in [-0.3, -0.25) is 29.8 Å². The normalized spacial score (nSPS) is 17.5. The van der Waals surface area contributed by atoms with Crippen LogP contribution in [0.2, 0.25) is 0 Å².